The van der Waals surface area contributed by atoms with Crippen LogP contribution in [0.3, 0.4) is 0 Å². The van der Waals surface area contributed by atoms with Crippen LogP contribution in [0.1, 0.15) is 29.9 Å². The number of benzene rings is 1. The summed E-state index contributed by atoms with van der Waals surface area (Å²) in [7, 11) is 1.57. The van der Waals surface area contributed by atoms with Gasteiger partial charge in [-0.1, -0.05) is 11.6 Å². The van der Waals surface area contributed by atoms with Gasteiger partial charge in [-0.15, -0.1) is 0 Å². The number of aryl methyl sites for hydroxylation is 1. The first kappa shape index (κ1) is 18.0. The lowest BCUT2D eigenvalue weighted by Gasteiger charge is -2.18. The fourth-order valence-electron chi connectivity index (χ4n) is 2.24. The molecule has 128 valence electrons. The molecule has 0 aliphatic carbocycles. The third kappa shape index (κ3) is 3.94. The van der Waals surface area contributed by atoms with E-state index in [9.17, 15) is 4.79 Å². The van der Waals surface area contributed by atoms with Crippen LogP contribution in [0.5, 0.6) is 5.75 Å². The number of anilines is 2. The van der Waals surface area contributed by atoms with Crippen LogP contribution in [-0.2, 0) is 0 Å². The van der Waals surface area contributed by atoms with E-state index in [1.807, 2.05) is 26.8 Å². The van der Waals surface area contributed by atoms with E-state index in [2.05, 4.69) is 15.3 Å². The maximum absolute atomic E-state index is 12.2. The van der Waals surface area contributed by atoms with Gasteiger partial charge in [0.1, 0.15) is 17.3 Å². The molecule has 0 aliphatic heterocycles. The van der Waals surface area contributed by atoms with Crippen LogP contribution in [0.15, 0.2) is 24.5 Å². The van der Waals surface area contributed by atoms with Gasteiger partial charge in [0.05, 0.1) is 25.2 Å². The van der Waals surface area contributed by atoms with Crippen molar-refractivity contribution in [2.45, 2.75) is 20.8 Å². The number of carbonyl (C=O) groups excluding carboxylic acids is 1. The summed E-state index contributed by atoms with van der Waals surface area (Å²) in [5.41, 5.74) is 1.97. The molecule has 1 N–H and O–H groups in total. The number of hydrogen-bond donors (Lipinski definition) is 1. The Morgan fingerprint density at radius 1 is 1.25 bits per heavy atom. The number of methoxy groups -OCH3 is 1. The summed E-state index contributed by atoms with van der Waals surface area (Å²) in [4.78, 5) is 22.4. The molecule has 1 aromatic carbocycles. The topological polar surface area (TPSA) is 67.4 Å². The fraction of sp³-hybridized carbons (Fsp3) is 0.353. The fourth-order valence-corrected chi connectivity index (χ4v) is 2.40. The van der Waals surface area contributed by atoms with E-state index in [4.69, 9.17) is 16.3 Å². The summed E-state index contributed by atoms with van der Waals surface area (Å²) in [6, 6.07) is 3.61. The van der Waals surface area contributed by atoms with Crippen molar-refractivity contribution in [2.24, 2.45) is 0 Å². The highest BCUT2D eigenvalue weighted by molar-refractivity contribution is 6.31. The summed E-state index contributed by atoms with van der Waals surface area (Å²) in [5, 5.41) is 3.76. The van der Waals surface area contributed by atoms with Crippen molar-refractivity contribution < 1.29 is 9.53 Å². The number of halogens is 1. The van der Waals surface area contributed by atoms with Gasteiger partial charge in [0.25, 0.3) is 5.91 Å². The molecule has 1 amide bonds. The van der Waals surface area contributed by atoms with E-state index >= 15 is 0 Å². The molecule has 0 aliphatic rings. The van der Waals surface area contributed by atoms with Gasteiger partial charge in [-0.25, -0.2) is 9.97 Å². The molecule has 2 rings (SSSR count). The normalized spacial score (nSPS) is 10.4. The molecule has 24 heavy (non-hydrogen) atoms. The van der Waals surface area contributed by atoms with Crippen molar-refractivity contribution in [1.82, 2.24) is 14.9 Å². The molecule has 0 atom stereocenters. The smallest absolute Gasteiger partial charge is 0.274 e. The Kier molecular flexibility index (Phi) is 5.98. The lowest BCUT2D eigenvalue weighted by molar-refractivity contribution is 0.0766. The number of rotatable bonds is 6. The molecule has 1 aromatic heterocycles. The first-order valence-corrected chi connectivity index (χ1v) is 8.10. The van der Waals surface area contributed by atoms with Crippen LogP contribution >= 0.6 is 11.6 Å². The predicted octanol–water partition coefficient (Wildman–Crippen LogP) is 3.67. The quantitative estimate of drug-likeness (QED) is 0.862. The second-order valence-electron chi connectivity index (χ2n) is 5.19. The second-order valence-corrected chi connectivity index (χ2v) is 5.60. The zero-order valence-electron chi connectivity index (χ0n) is 14.3. The SMILES string of the molecule is CCN(CC)C(=O)c1cnc(Nc2cc(C)c(Cl)cc2OC)cn1. The average Bonchev–Trinajstić information content (AvgIpc) is 2.59. The highest BCUT2D eigenvalue weighted by Crippen LogP contribution is 2.32. The summed E-state index contributed by atoms with van der Waals surface area (Å²) in [6.45, 7) is 7.04. The molecular formula is C17H21ClN4O2. The van der Waals surface area contributed by atoms with E-state index in [0.29, 0.717) is 35.4 Å². The number of amides is 1. The summed E-state index contributed by atoms with van der Waals surface area (Å²) < 4.78 is 5.32. The minimum Gasteiger partial charge on any atom is -0.495 e. The van der Waals surface area contributed by atoms with E-state index in [-0.39, 0.29) is 5.91 Å². The Bertz CT molecular complexity index is 715. The van der Waals surface area contributed by atoms with Crippen LogP contribution < -0.4 is 10.1 Å². The highest BCUT2D eigenvalue weighted by atomic mass is 35.5. The molecule has 0 spiro atoms. The summed E-state index contributed by atoms with van der Waals surface area (Å²) >= 11 is 6.10. The first-order valence-electron chi connectivity index (χ1n) is 7.72. The molecule has 0 bridgehead atoms. The van der Waals surface area contributed by atoms with Gasteiger partial charge >= 0.3 is 0 Å². The maximum Gasteiger partial charge on any atom is 0.274 e. The number of carbonyl (C=O) groups is 1. The molecule has 1 heterocycles. The number of nitrogens with zero attached hydrogens (tertiary/aromatic N) is 3. The van der Waals surface area contributed by atoms with Crippen molar-refractivity contribution in [3.05, 3.63) is 40.8 Å². The molecule has 7 heteroatoms. The maximum atomic E-state index is 12.2. The van der Waals surface area contributed by atoms with Crippen LogP contribution in [0.2, 0.25) is 5.02 Å². The van der Waals surface area contributed by atoms with E-state index in [1.54, 1.807) is 18.1 Å². The average molecular weight is 349 g/mol. The van der Waals surface area contributed by atoms with Gasteiger partial charge in [-0.2, -0.15) is 0 Å². The Morgan fingerprint density at radius 3 is 2.50 bits per heavy atom. The van der Waals surface area contributed by atoms with Crippen molar-refractivity contribution >= 4 is 29.0 Å². The molecule has 2 aromatic rings. The predicted molar refractivity (Wildman–Crippen MR) is 95.3 cm³/mol. The number of hydrogen-bond acceptors (Lipinski definition) is 5. The van der Waals surface area contributed by atoms with Gasteiger partial charge < -0.3 is 15.0 Å². The molecule has 0 unspecified atom stereocenters. The molecule has 6 nitrogen and oxygen atoms in total. The Hall–Kier alpha value is -2.34. The minimum atomic E-state index is -0.126. The van der Waals surface area contributed by atoms with Crippen LogP contribution in [0.4, 0.5) is 11.5 Å². The standard InChI is InChI=1S/C17H21ClN4O2/c1-5-22(6-2)17(23)14-9-20-16(10-19-14)21-13-7-11(3)12(18)8-15(13)24-4/h7-10H,5-6H2,1-4H3,(H,20,21). The number of ether oxygens (including phenoxy) is 1. The number of nitrogens with one attached hydrogen (secondary N) is 1. The van der Waals surface area contributed by atoms with Crippen LogP contribution in [0, 0.1) is 6.92 Å². The van der Waals surface area contributed by atoms with Gasteiger partial charge in [-0.3, -0.25) is 4.79 Å². The van der Waals surface area contributed by atoms with Crippen LogP contribution in [-0.4, -0.2) is 41.0 Å². The lowest BCUT2D eigenvalue weighted by atomic mass is 10.2. The number of aromatic nitrogens is 2. The van der Waals surface area contributed by atoms with Gasteiger partial charge in [0.15, 0.2) is 0 Å². The third-order valence-electron chi connectivity index (χ3n) is 3.67. The molecule has 0 saturated carbocycles. The first-order chi connectivity index (χ1) is 11.5. The zero-order chi connectivity index (χ0) is 17.7. The Labute approximate surface area is 146 Å². The Balaban J connectivity index is 2.21. The minimum absolute atomic E-state index is 0.126. The monoisotopic (exact) mass is 348 g/mol. The van der Waals surface area contributed by atoms with Gasteiger partial charge in [0.2, 0.25) is 0 Å². The summed E-state index contributed by atoms with van der Waals surface area (Å²) in [5.74, 6) is 1.00. The van der Waals surface area contributed by atoms with Gasteiger partial charge in [-0.05, 0) is 32.4 Å². The lowest BCUT2D eigenvalue weighted by Crippen LogP contribution is -2.31. The molecular weight excluding hydrogens is 328 g/mol. The van der Waals surface area contributed by atoms with E-state index in [0.717, 1.165) is 11.3 Å². The van der Waals surface area contributed by atoms with Gasteiger partial charge in [0, 0.05) is 24.2 Å². The van der Waals surface area contributed by atoms with Crippen molar-refractivity contribution in [1.29, 1.82) is 0 Å². The van der Waals surface area contributed by atoms with Crippen molar-refractivity contribution in [3.8, 4) is 5.75 Å². The molecule has 0 radical (unpaired) electrons. The highest BCUT2D eigenvalue weighted by Gasteiger charge is 2.14. The van der Waals surface area contributed by atoms with Crippen molar-refractivity contribution in [2.75, 3.05) is 25.5 Å². The summed E-state index contributed by atoms with van der Waals surface area (Å²) in [6.07, 6.45) is 3.00. The molecule has 0 fully saturated rings. The second kappa shape index (κ2) is 7.97. The Morgan fingerprint density at radius 2 is 1.96 bits per heavy atom. The van der Waals surface area contributed by atoms with Crippen molar-refractivity contribution in [3.63, 3.8) is 0 Å². The largest absolute Gasteiger partial charge is 0.495 e. The van der Waals surface area contributed by atoms with E-state index in [1.165, 1.54) is 12.4 Å². The third-order valence-corrected chi connectivity index (χ3v) is 4.07. The van der Waals surface area contributed by atoms with Crippen LogP contribution in [0.25, 0.3) is 0 Å². The van der Waals surface area contributed by atoms with E-state index < -0.39 is 0 Å². The molecule has 0 saturated heterocycles. The zero-order valence-corrected chi connectivity index (χ0v) is 15.0.